The number of carbonyl (C=O) groups is 4. The van der Waals surface area contributed by atoms with E-state index in [1.807, 2.05) is 12.1 Å². The van der Waals surface area contributed by atoms with Crippen LogP contribution in [-0.4, -0.2) is 49.5 Å². The summed E-state index contributed by atoms with van der Waals surface area (Å²) in [6.45, 7) is -0.973. The van der Waals surface area contributed by atoms with Crippen molar-refractivity contribution >= 4 is 35.5 Å². The predicted octanol–water partition coefficient (Wildman–Crippen LogP) is 5.79. The van der Waals surface area contributed by atoms with Crippen LogP contribution in [0.2, 0.25) is 0 Å². The van der Waals surface area contributed by atoms with E-state index in [2.05, 4.69) is 10.6 Å². The summed E-state index contributed by atoms with van der Waals surface area (Å²) >= 11 is 0. The lowest BCUT2D eigenvalue weighted by atomic mass is 10.1. The lowest BCUT2D eigenvalue weighted by Crippen LogP contribution is -2.43. The zero-order valence-electron chi connectivity index (χ0n) is 23.8. The zero-order valence-corrected chi connectivity index (χ0v) is 23.8. The first kappa shape index (κ1) is 31.3. The van der Waals surface area contributed by atoms with Crippen molar-refractivity contribution in [3.63, 3.8) is 0 Å². The minimum absolute atomic E-state index is 0.0295. The molecule has 0 radical (unpaired) electrons. The quantitative estimate of drug-likeness (QED) is 0.147. The van der Waals surface area contributed by atoms with E-state index in [4.69, 9.17) is 18.9 Å². The van der Waals surface area contributed by atoms with Gasteiger partial charge in [-0.05, 0) is 35.4 Å². The molecule has 0 saturated carbocycles. The Balaban J connectivity index is 1.49. The summed E-state index contributed by atoms with van der Waals surface area (Å²) < 4.78 is 22.1. The van der Waals surface area contributed by atoms with Crippen molar-refractivity contribution < 1.29 is 38.1 Å². The topological polar surface area (TPSA) is 129 Å². The number of amides is 2. The molecule has 226 valence electrons. The molecule has 2 unspecified atom stereocenters. The van der Waals surface area contributed by atoms with Crippen LogP contribution in [0, 0.1) is 0 Å². The first-order chi connectivity index (χ1) is 21.4. The Kier molecular flexibility index (Phi) is 11.9. The standard InChI is InChI=1S/C34H32N2O8/c37-31(21-25-13-5-1-6-14-25)41-23-30(44-34(40)36-28-19-11-4-12-20-28)29(43-32(38)22-26-15-7-2-8-16-26)24-42-33(39)35-27-17-9-3-10-18-27/h1-20,29-30H,21-24H2,(H,35,39)(H,36,40). The number of rotatable bonds is 13. The van der Waals surface area contributed by atoms with Crippen LogP contribution in [0.5, 0.6) is 0 Å². The van der Waals surface area contributed by atoms with E-state index in [9.17, 15) is 19.2 Å². The molecule has 4 rings (SSSR count). The minimum Gasteiger partial charge on any atom is -0.461 e. The summed E-state index contributed by atoms with van der Waals surface area (Å²) in [5.41, 5.74) is 2.35. The van der Waals surface area contributed by atoms with Gasteiger partial charge in [0.15, 0.2) is 12.2 Å². The van der Waals surface area contributed by atoms with Gasteiger partial charge in [0, 0.05) is 11.4 Å². The van der Waals surface area contributed by atoms with Crippen LogP contribution in [0.15, 0.2) is 121 Å². The molecule has 2 amide bonds. The zero-order chi connectivity index (χ0) is 31.0. The summed E-state index contributed by atoms with van der Waals surface area (Å²) in [5, 5.41) is 5.16. The Labute approximate surface area is 254 Å². The number of hydrogen-bond acceptors (Lipinski definition) is 8. The van der Waals surface area contributed by atoms with E-state index in [1.165, 1.54) is 0 Å². The van der Waals surface area contributed by atoms with E-state index >= 15 is 0 Å². The Hall–Kier alpha value is -5.64. The first-order valence-corrected chi connectivity index (χ1v) is 13.9. The lowest BCUT2D eigenvalue weighted by molar-refractivity contribution is -0.163. The molecule has 0 spiro atoms. The number of carbonyl (C=O) groups excluding carboxylic acids is 4. The molecule has 0 fully saturated rings. The fraction of sp³-hybridized carbons (Fsp3) is 0.176. The second kappa shape index (κ2) is 16.7. The number of ether oxygens (including phenoxy) is 4. The summed E-state index contributed by atoms with van der Waals surface area (Å²) in [6, 6.07) is 35.0. The molecule has 4 aromatic rings. The van der Waals surface area contributed by atoms with Gasteiger partial charge in [-0.15, -0.1) is 0 Å². The van der Waals surface area contributed by atoms with E-state index in [1.54, 1.807) is 109 Å². The molecule has 0 bridgehead atoms. The highest BCUT2D eigenvalue weighted by molar-refractivity contribution is 5.85. The number of hydrogen-bond donors (Lipinski definition) is 2. The summed E-state index contributed by atoms with van der Waals surface area (Å²) in [5.74, 6) is -1.26. The molecule has 10 heteroatoms. The number of nitrogens with one attached hydrogen (secondary N) is 2. The summed E-state index contributed by atoms with van der Waals surface area (Å²) in [4.78, 5) is 51.1. The van der Waals surface area contributed by atoms with Crippen molar-refractivity contribution in [1.82, 2.24) is 0 Å². The van der Waals surface area contributed by atoms with Crippen molar-refractivity contribution in [3.05, 3.63) is 132 Å². The van der Waals surface area contributed by atoms with Gasteiger partial charge in [-0.3, -0.25) is 20.2 Å². The molecule has 0 aliphatic carbocycles. The maximum absolute atomic E-state index is 13.0. The van der Waals surface area contributed by atoms with Gasteiger partial charge in [-0.2, -0.15) is 0 Å². The van der Waals surface area contributed by atoms with Gasteiger partial charge in [-0.1, -0.05) is 97.1 Å². The third kappa shape index (κ3) is 11.0. The van der Waals surface area contributed by atoms with Crippen LogP contribution in [0.1, 0.15) is 11.1 Å². The minimum atomic E-state index is -1.33. The highest BCUT2D eigenvalue weighted by Gasteiger charge is 2.32. The molecule has 0 heterocycles. The molecule has 10 nitrogen and oxygen atoms in total. The number of anilines is 2. The van der Waals surface area contributed by atoms with E-state index in [0.717, 1.165) is 5.56 Å². The molecule has 44 heavy (non-hydrogen) atoms. The highest BCUT2D eigenvalue weighted by atomic mass is 16.6. The molecule has 0 aromatic heterocycles. The van der Waals surface area contributed by atoms with E-state index < -0.39 is 49.5 Å². The Morgan fingerprint density at radius 1 is 0.477 bits per heavy atom. The van der Waals surface area contributed by atoms with Gasteiger partial charge >= 0.3 is 24.1 Å². The van der Waals surface area contributed by atoms with E-state index in [0.29, 0.717) is 16.9 Å². The van der Waals surface area contributed by atoms with Crippen molar-refractivity contribution in [1.29, 1.82) is 0 Å². The SMILES string of the molecule is O=C(Cc1ccccc1)OCC(OC(=O)Nc1ccccc1)C(COC(=O)Nc1ccccc1)OC(=O)Cc1ccccc1. The van der Waals surface area contributed by atoms with Crippen LogP contribution in [0.3, 0.4) is 0 Å². The van der Waals surface area contributed by atoms with Gasteiger partial charge in [-0.25, -0.2) is 9.59 Å². The van der Waals surface area contributed by atoms with Crippen molar-refractivity contribution in [2.75, 3.05) is 23.8 Å². The first-order valence-electron chi connectivity index (χ1n) is 13.9. The second-order valence-corrected chi connectivity index (χ2v) is 9.56. The average molecular weight is 597 g/mol. The fourth-order valence-corrected chi connectivity index (χ4v) is 4.04. The highest BCUT2D eigenvalue weighted by Crippen LogP contribution is 2.14. The monoisotopic (exact) mass is 596 g/mol. The van der Waals surface area contributed by atoms with Gasteiger partial charge < -0.3 is 18.9 Å². The number of para-hydroxylation sites is 2. The van der Waals surface area contributed by atoms with Crippen molar-refractivity contribution in [2.24, 2.45) is 0 Å². The Bertz CT molecular complexity index is 1370. The van der Waals surface area contributed by atoms with Crippen LogP contribution in [0.4, 0.5) is 21.0 Å². The number of benzene rings is 4. The van der Waals surface area contributed by atoms with Gasteiger partial charge in [0.1, 0.15) is 13.2 Å². The van der Waals surface area contributed by atoms with Gasteiger partial charge in [0.2, 0.25) is 0 Å². The molecular weight excluding hydrogens is 564 g/mol. The maximum atomic E-state index is 13.0. The second-order valence-electron chi connectivity index (χ2n) is 9.56. The van der Waals surface area contributed by atoms with Gasteiger partial charge in [0.25, 0.3) is 0 Å². The largest absolute Gasteiger partial charge is 0.461 e. The van der Waals surface area contributed by atoms with Crippen LogP contribution in [-0.2, 0) is 41.4 Å². The third-order valence-corrected chi connectivity index (χ3v) is 6.17. The Morgan fingerprint density at radius 3 is 1.41 bits per heavy atom. The Morgan fingerprint density at radius 2 is 0.886 bits per heavy atom. The normalized spacial score (nSPS) is 11.7. The molecule has 2 atom stereocenters. The fourth-order valence-electron chi connectivity index (χ4n) is 4.04. The van der Waals surface area contributed by atoms with Crippen molar-refractivity contribution in [2.45, 2.75) is 25.0 Å². The maximum Gasteiger partial charge on any atom is 0.412 e. The molecule has 0 aliphatic rings. The van der Waals surface area contributed by atoms with Gasteiger partial charge in [0.05, 0.1) is 12.8 Å². The number of esters is 2. The van der Waals surface area contributed by atoms with Crippen LogP contribution >= 0.6 is 0 Å². The van der Waals surface area contributed by atoms with Crippen LogP contribution < -0.4 is 10.6 Å². The third-order valence-electron chi connectivity index (χ3n) is 6.17. The predicted molar refractivity (Wildman–Crippen MR) is 163 cm³/mol. The molecule has 0 aliphatic heterocycles. The van der Waals surface area contributed by atoms with Crippen LogP contribution in [0.25, 0.3) is 0 Å². The average Bonchev–Trinajstić information content (AvgIpc) is 3.03. The molecule has 0 saturated heterocycles. The molecule has 4 aromatic carbocycles. The lowest BCUT2D eigenvalue weighted by Gasteiger charge is -2.26. The summed E-state index contributed by atoms with van der Waals surface area (Å²) in [6.07, 6.45) is -4.49. The van der Waals surface area contributed by atoms with Crippen molar-refractivity contribution in [3.8, 4) is 0 Å². The summed E-state index contributed by atoms with van der Waals surface area (Å²) in [7, 11) is 0. The molecule has 2 N–H and O–H groups in total. The molecular formula is C34H32N2O8. The smallest absolute Gasteiger partial charge is 0.412 e. The van der Waals surface area contributed by atoms with E-state index in [-0.39, 0.29) is 12.8 Å².